The molecule has 4 aliphatic heterocycles. The number of carboxylic acids is 2. The summed E-state index contributed by atoms with van der Waals surface area (Å²) in [5, 5.41) is 38.2. The van der Waals surface area contributed by atoms with Crippen LogP contribution in [-0.2, 0) is 64.4 Å². The zero-order valence-electron chi connectivity index (χ0n) is 43.2. The van der Waals surface area contributed by atoms with E-state index in [0.717, 1.165) is 27.9 Å². The van der Waals surface area contributed by atoms with Crippen LogP contribution in [0.2, 0.25) is 0 Å². The quantitative estimate of drug-likeness (QED) is 0.0242. The molecule has 4 fully saturated rings. The Kier molecular flexibility index (Phi) is 20.7. The Balaban J connectivity index is 0.000000242. The number of esters is 2. The van der Waals surface area contributed by atoms with E-state index in [9.17, 15) is 33.9 Å². The minimum Gasteiger partial charge on any atom is -0.481 e. The van der Waals surface area contributed by atoms with Gasteiger partial charge in [-0.15, -0.1) is 0 Å². The summed E-state index contributed by atoms with van der Waals surface area (Å²) in [6.45, 7) is 7.35. The number of anilines is 2. The van der Waals surface area contributed by atoms with Crippen molar-refractivity contribution in [3.05, 3.63) is 131 Å². The average Bonchev–Trinajstić information content (AvgIpc) is 4.02. The number of nitrogens with zero attached hydrogens (tertiary/aromatic N) is 6. The molecule has 2 amide bonds. The number of carbonyl (C=O) groups is 6. The molecule has 24 nitrogen and oxygen atoms in total. The van der Waals surface area contributed by atoms with Crippen molar-refractivity contribution in [3.63, 3.8) is 0 Å². The number of cyclic esters (lactones) is 2. The zero-order valence-corrected chi connectivity index (χ0v) is 43.2. The van der Waals surface area contributed by atoms with Gasteiger partial charge in [0.15, 0.2) is 11.9 Å². The monoisotopic (exact) mass is 1080 g/mol. The van der Waals surface area contributed by atoms with Gasteiger partial charge in [0.1, 0.15) is 37.5 Å². The van der Waals surface area contributed by atoms with Crippen LogP contribution in [0.1, 0.15) is 35.1 Å². The van der Waals surface area contributed by atoms with E-state index in [0.29, 0.717) is 97.3 Å². The maximum Gasteiger partial charge on any atom is 0.414 e. The maximum absolute atomic E-state index is 13.3. The van der Waals surface area contributed by atoms with Crippen molar-refractivity contribution in [3.8, 4) is 0 Å². The Morgan fingerprint density at radius 1 is 0.564 bits per heavy atom. The van der Waals surface area contributed by atoms with E-state index < -0.39 is 54.6 Å². The number of carboxylic acid groups (broad SMARTS) is 2. The summed E-state index contributed by atoms with van der Waals surface area (Å²) in [4.78, 5) is 84.6. The highest BCUT2D eigenvalue weighted by molar-refractivity contribution is 5.90. The summed E-state index contributed by atoms with van der Waals surface area (Å²) >= 11 is 0. The number of hydrogen-bond donors (Lipinski definition) is 8. The summed E-state index contributed by atoms with van der Waals surface area (Å²) in [7, 11) is 0. The molecule has 4 aliphatic rings. The molecular formula is C54H68N12O12. The molecule has 10 N–H and O–H groups in total. The predicted octanol–water partition coefficient (Wildman–Crippen LogP) is 2.40. The Labute approximate surface area is 451 Å². The Morgan fingerprint density at radius 2 is 0.974 bits per heavy atom. The van der Waals surface area contributed by atoms with Gasteiger partial charge in [-0.1, -0.05) is 84.9 Å². The third-order valence-electron chi connectivity index (χ3n) is 13.6. The number of piperazine rings is 2. The lowest BCUT2D eigenvalue weighted by atomic mass is 10.1. The van der Waals surface area contributed by atoms with E-state index in [-0.39, 0.29) is 43.8 Å². The highest BCUT2D eigenvalue weighted by Crippen LogP contribution is 2.25. The first kappa shape index (κ1) is 57.4. The van der Waals surface area contributed by atoms with E-state index in [1.54, 1.807) is 14.7 Å². The lowest BCUT2D eigenvalue weighted by Gasteiger charge is -2.38. The number of guanidine groups is 2. The third kappa shape index (κ3) is 17.4. The predicted molar refractivity (Wildman–Crippen MR) is 286 cm³/mol. The number of nitrogens with one attached hydrogen (secondary N) is 4. The van der Waals surface area contributed by atoms with Crippen LogP contribution in [0, 0.1) is 10.8 Å². The van der Waals surface area contributed by atoms with Crippen LogP contribution >= 0.6 is 0 Å². The average molecular weight is 1080 g/mol. The maximum atomic E-state index is 13.3. The molecule has 0 saturated carbocycles. The molecule has 0 aromatic heterocycles. The second-order valence-electron chi connectivity index (χ2n) is 19.2. The molecule has 4 heterocycles. The van der Waals surface area contributed by atoms with Gasteiger partial charge in [-0.2, -0.15) is 0 Å². The van der Waals surface area contributed by atoms with Gasteiger partial charge < -0.3 is 51.3 Å². The summed E-state index contributed by atoms with van der Waals surface area (Å²) < 4.78 is 22.3. The zero-order chi connectivity index (χ0) is 55.6. The number of rotatable bonds is 22. The molecule has 78 heavy (non-hydrogen) atoms. The standard InChI is InChI=1S/C34H40N6O6.C20H28N6O6/c35-33(36)37-20-25-11-13-28(14-12-25)40-22-29(46-34(40)43)21-38-15-17-39(18-16-38)30(32(42)45-24-27-9-5-2-6-10-27)19-31(41)44-23-26-7-3-1-4-8-26;21-19(22)23-10-13-1-3-14(4-2-13)26-12-15(32-20(26)31)11-24-5-7-25(8-6-24)16(18(29)30)9-17(27)28/h1-14,29-30H,15-24H2,(H4,35,36,37);1-4,15-16H,5-12H2,(H,27,28)(H,29,30)(H4,21,22,23)/t29?,30-;15?,16-/m11/s1. The Hall–Kier alpha value is -8.32. The highest BCUT2D eigenvalue weighted by atomic mass is 16.6. The minimum atomic E-state index is -1.14. The smallest absolute Gasteiger partial charge is 0.414 e. The lowest BCUT2D eigenvalue weighted by molar-refractivity contribution is -0.159. The van der Waals surface area contributed by atoms with Crippen LogP contribution in [0.4, 0.5) is 21.0 Å². The van der Waals surface area contributed by atoms with E-state index >= 15 is 0 Å². The number of carbonyl (C=O) groups excluding carboxylic acids is 4. The molecule has 24 heteroatoms. The van der Waals surface area contributed by atoms with Gasteiger partial charge in [0.05, 0.1) is 25.9 Å². The SMILES string of the molecule is N=C(N)NCc1ccc(N2CC(CN3CCN([C@H](CC(=O)O)C(=O)O)CC3)OC2=O)cc1.N=C(N)NCc1ccc(N2CC(CN3CCN([C@H](CC(=O)OCc4ccccc4)C(=O)OCc4ccccc4)CC3)OC2=O)cc1. The van der Waals surface area contributed by atoms with Gasteiger partial charge in [-0.05, 0) is 46.5 Å². The topological polar surface area (TPSA) is 323 Å². The van der Waals surface area contributed by atoms with Gasteiger partial charge in [0.2, 0.25) is 0 Å². The molecule has 8 rings (SSSR count). The van der Waals surface area contributed by atoms with E-state index in [1.807, 2.05) is 114 Å². The first-order chi connectivity index (χ1) is 37.6. The Bertz CT molecular complexity index is 2670. The van der Waals surface area contributed by atoms with Crippen molar-refractivity contribution in [1.82, 2.24) is 30.2 Å². The summed E-state index contributed by atoms with van der Waals surface area (Å²) in [6.07, 6.45) is -1.99. The molecule has 4 saturated heterocycles. The number of nitrogens with two attached hydrogens (primary N) is 2. The number of hydrogen-bond acceptors (Lipinski definition) is 16. The van der Waals surface area contributed by atoms with Crippen molar-refractivity contribution in [1.29, 1.82) is 10.8 Å². The van der Waals surface area contributed by atoms with E-state index in [2.05, 4.69) is 20.4 Å². The molecule has 4 aromatic carbocycles. The van der Waals surface area contributed by atoms with Crippen molar-refractivity contribution in [2.75, 3.05) is 88.3 Å². The van der Waals surface area contributed by atoms with Gasteiger partial charge in [0.25, 0.3) is 0 Å². The van der Waals surface area contributed by atoms with Gasteiger partial charge in [-0.3, -0.25) is 59.4 Å². The minimum absolute atomic E-state index is 0.101. The second kappa shape index (κ2) is 28.2. The molecule has 4 atom stereocenters. The molecule has 0 radical (unpaired) electrons. The summed E-state index contributed by atoms with van der Waals surface area (Å²) in [5.41, 5.74) is 15.7. The summed E-state index contributed by atoms with van der Waals surface area (Å²) in [6, 6.07) is 31.8. The molecule has 2 unspecified atom stereocenters. The van der Waals surface area contributed by atoms with Gasteiger partial charge in [0, 0.05) is 89.9 Å². The van der Waals surface area contributed by atoms with Crippen LogP contribution in [0.3, 0.4) is 0 Å². The molecule has 4 aromatic rings. The van der Waals surface area contributed by atoms with E-state index in [1.165, 1.54) is 0 Å². The van der Waals surface area contributed by atoms with Crippen molar-refractivity contribution >= 4 is 59.4 Å². The third-order valence-corrected chi connectivity index (χ3v) is 13.6. The van der Waals surface area contributed by atoms with Crippen LogP contribution in [0.15, 0.2) is 109 Å². The fraction of sp³-hybridized carbons (Fsp3) is 0.407. The normalized spacial score (nSPS) is 18.8. The Morgan fingerprint density at radius 3 is 1.37 bits per heavy atom. The van der Waals surface area contributed by atoms with Crippen molar-refractivity contribution < 1.29 is 57.9 Å². The van der Waals surface area contributed by atoms with Crippen LogP contribution in [0.5, 0.6) is 0 Å². The number of benzene rings is 4. The van der Waals surface area contributed by atoms with Gasteiger partial charge in [-0.25, -0.2) is 9.59 Å². The number of aliphatic carboxylic acids is 2. The van der Waals surface area contributed by atoms with Crippen molar-refractivity contribution in [2.45, 2.75) is 63.4 Å². The number of ether oxygens (including phenoxy) is 4. The van der Waals surface area contributed by atoms with Crippen LogP contribution in [-0.4, -0.2) is 181 Å². The fourth-order valence-electron chi connectivity index (χ4n) is 9.41. The van der Waals surface area contributed by atoms with Crippen LogP contribution in [0.25, 0.3) is 0 Å². The molecule has 0 aliphatic carbocycles. The first-order valence-corrected chi connectivity index (χ1v) is 25.6. The lowest BCUT2D eigenvalue weighted by Crippen LogP contribution is -2.54. The second-order valence-corrected chi connectivity index (χ2v) is 19.2. The summed E-state index contributed by atoms with van der Waals surface area (Å²) in [5.74, 6) is -3.41. The highest BCUT2D eigenvalue weighted by Gasteiger charge is 2.38. The fourth-order valence-corrected chi connectivity index (χ4v) is 9.41. The van der Waals surface area contributed by atoms with Crippen molar-refractivity contribution in [2.24, 2.45) is 11.5 Å². The molecule has 0 bridgehead atoms. The van der Waals surface area contributed by atoms with E-state index in [4.69, 9.17) is 46.3 Å². The van der Waals surface area contributed by atoms with Crippen LogP contribution < -0.4 is 31.9 Å². The molecule has 0 spiro atoms. The largest absolute Gasteiger partial charge is 0.481 e. The first-order valence-electron chi connectivity index (χ1n) is 25.6. The van der Waals surface area contributed by atoms with Gasteiger partial charge >= 0.3 is 36.1 Å². The molecule has 416 valence electrons. The number of amides is 2. The molecular weight excluding hydrogens is 1010 g/mol.